The van der Waals surface area contributed by atoms with Crippen molar-refractivity contribution in [3.63, 3.8) is 0 Å². The Morgan fingerprint density at radius 1 is 1.44 bits per heavy atom. The van der Waals surface area contributed by atoms with Gasteiger partial charge in [-0.15, -0.1) is 0 Å². The van der Waals surface area contributed by atoms with Crippen LogP contribution in [0.4, 0.5) is 5.69 Å². The minimum absolute atomic E-state index is 0.0901. The van der Waals surface area contributed by atoms with Crippen molar-refractivity contribution in [2.24, 2.45) is 5.14 Å². The van der Waals surface area contributed by atoms with Gasteiger partial charge in [0.05, 0.1) is 5.75 Å². The first kappa shape index (κ1) is 12.8. The van der Waals surface area contributed by atoms with Crippen LogP contribution in [-0.2, 0) is 21.2 Å². The number of carboxylic acids is 1. The maximum absolute atomic E-state index is 11.2. The van der Waals surface area contributed by atoms with Gasteiger partial charge in [-0.2, -0.15) is 0 Å². The zero-order chi connectivity index (χ0) is 13.3. The molecular formula is C11H14N2O4S. The molecule has 3 N–H and O–H groups in total. The van der Waals surface area contributed by atoms with Gasteiger partial charge in [0.15, 0.2) is 0 Å². The first-order chi connectivity index (χ1) is 8.38. The Labute approximate surface area is 105 Å². The van der Waals surface area contributed by atoms with Crippen LogP contribution in [-0.4, -0.2) is 37.8 Å². The van der Waals surface area contributed by atoms with Gasteiger partial charge < -0.3 is 10.0 Å². The number of fused-ring (bicyclic) bond motifs is 1. The second-order valence-electron chi connectivity index (χ2n) is 4.25. The molecule has 1 aromatic rings. The van der Waals surface area contributed by atoms with E-state index in [1.807, 2.05) is 12.1 Å². The fourth-order valence-corrected chi connectivity index (χ4v) is 2.62. The zero-order valence-corrected chi connectivity index (χ0v) is 10.4. The number of sulfonamides is 1. The quantitative estimate of drug-likeness (QED) is 0.788. The highest BCUT2D eigenvalue weighted by Crippen LogP contribution is 2.31. The average molecular weight is 270 g/mol. The number of hydrogen-bond donors (Lipinski definition) is 2. The van der Waals surface area contributed by atoms with E-state index in [-0.39, 0.29) is 12.3 Å². The van der Waals surface area contributed by atoms with Crippen molar-refractivity contribution in [3.8, 4) is 0 Å². The molecule has 1 heterocycles. The lowest BCUT2D eigenvalue weighted by Gasteiger charge is -2.24. The number of rotatable bonds is 4. The minimum Gasteiger partial charge on any atom is -0.480 e. The van der Waals surface area contributed by atoms with Crippen LogP contribution in [0.25, 0.3) is 0 Å². The number of nitrogens with two attached hydrogens (primary N) is 1. The predicted molar refractivity (Wildman–Crippen MR) is 66.9 cm³/mol. The van der Waals surface area contributed by atoms with E-state index in [0.29, 0.717) is 6.42 Å². The molecule has 0 fully saturated rings. The number of anilines is 1. The molecule has 7 heteroatoms. The molecule has 18 heavy (non-hydrogen) atoms. The molecule has 0 saturated heterocycles. The number of primary sulfonamides is 1. The largest absolute Gasteiger partial charge is 0.480 e. The Hall–Kier alpha value is -1.60. The van der Waals surface area contributed by atoms with Crippen molar-refractivity contribution in [2.75, 3.05) is 17.2 Å². The second kappa shape index (κ2) is 4.58. The van der Waals surface area contributed by atoms with Gasteiger partial charge >= 0.3 is 5.97 Å². The Morgan fingerprint density at radius 3 is 2.72 bits per heavy atom. The van der Waals surface area contributed by atoms with E-state index >= 15 is 0 Å². The molecule has 0 aromatic heterocycles. The van der Waals surface area contributed by atoms with E-state index < -0.39 is 22.0 Å². The van der Waals surface area contributed by atoms with Crippen LogP contribution in [0.15, 0.2) is 24.3 Å². The lowest BCUT2D eigenvalue weighted by molar-refractivity contribution is -0.138. The van der Waals surface area contributed by atoms with Crippen LogP contribution in [0.3, 0.4) is 0 Å². The number of carbonyl (C=O) groups is 1. The third-order valence-corrected chi connectivity index (χ3v) is 3.74. The summed E-state index contributed by atoms with van der Waals surface area (Å²) in [4.78, 5) is 12.8. The Balaban J connectivity index is 2.26. The first-order valence-electron chi connectivity index (χ1n) is 5.46. The summed E-state index contributed by atoms with van der Waals surface area (Å²) in [7, 11) is -3.60. The molecule has 2 rings (SSSR count). The van der Waals surface area contributed by atoms with Crippen molar-refractivity contribution >= 4 is 21.7 Å². The summed E-state index contributed by atoms with van der Waals surface area (Å²) in [5.41, 5.74) is 1.69. The summed E-state index contributed by atoms with van der Waals surface area (Å²) >= 11 is 0. The van der Waals surface area contributed by atoms with Crippen LogP contribution >= 0.6 is 0 Å². The molecular weight excluding hydrogens is 256 g/mol. The molecule has 1 aliphatic heterocycles. The maximum Gasteiger partial charge on any atom is 0.326 e. The fraction of sp³-hybridized carbons (Fsp3) is 0.364. The van der Waals surface area contributed by atoms with Crippen molar-refractivity contribution < 1.29 is 18.3 Å². The first-order valence-corrected chi connectivity index (χ1v) is 7.18. The minimum atomic E-state index is -3.60. The molecule has 0 bridgehead atoms. The molecule has 1 aromatic carbocycles. The maximum atomic E-state index is 11.2. The van der Waals surface area contributed by atoms with E-state index in [2.05, 4.69) is 0 Å². The SMILES string of the molecule is NS(=O)(=O)CCN1c2ccccc2CC1C(=O)O. The molecule has 1 aliphatic rings. The molecule has 98 valence electrons. The Kier molecular flexibility index (Phi) is 3.27. The number of hydrogen-bond acceptors (Lipinski definition) is 4. The number of carboxylic acid groups (broad SMARTS) is 1. The number of aliphatic carboxylic acids is 1. The summed E-state index contributed by atoms with van der Waals surface area (Å²) in [5, 5.41) is 14.1. The summed E-state index contributed by atoms with van der Waals surface area (Å²) in [6.45, 7) is 0.0901. The van der Waals surface area contributed by atoms with E-state index in [0.717, 1.165) is 11.3 Å². The third kappa shape index (κ3) is 2.62. The van der Waals surface area contributed by atoms with Crippen molar-refractivity contribution in [2.45, 2.75) is 12.5 Å². The van der Waals surface area contributed by atoms with Gasteiger partial charge in [-0.3, -0.25) is 0 Å². The Morgan fingerprint density at radius 2 is 2.11 bits per heavy atom. The normalized spacial score (nSPS) is 18.7. The van der Waals surface area contributed by atoms with Crippen LogP contribution in [0.5, 0.6) is 0 Å². The van der Waals surface area contributed by atoms with Crippen LogP contribution in [0, 0.1) is 0 Å². The smallest absolute Gasteiger partial charge is 0.326 e. The van der Waals surface area contributed by atoms with Gasteiger partial charge in [0, 0.05) is 18.7 Å². The number of nitrogens with zero attached hydrogens (tertiary/aromatic N) is 1. The fourth-order valence-electron chi connectivity index (χ4n) is 2.17. The molecule has 1 unspecified atom stereocenters. The van der Waals surface area contributed by atoms with Gasteiger partial charge in [0.1, 0.15) is 6.04 Å². The number of para-hydroxylation sites is 1. The van der Waals surface area contributed by atoms with Crippen molar-refractivity contribution in [1.29, 1.82) is 0 Å². The lowest BCUT2D eigenvalue weighted by Crippen LogP contribution is -2.42. The summed E-state index contributed by atoms with van der Waals surface area (Å²) in [6.07, 6.45) is 0.385. The van der Waals surface area contributed by atoms with Crippen LogP contribution < -0.4 is 10.0 Å². The molecule has 0 spiro atoms. The van der Waals surface area contributed by atoms with Gasteiger partial charge in [-0.05, 0) is 11.6 Å². The molecule has 0 radical (unpaired) electrons. The van der Waals surface area contributed by atoms with Gasteiger partial charge in [0.2, 0.25) is 10.0 Å². The highest BCUT2D eigenvalue weighted by molar-refractivity contribution is 7.89. The average Bonchev–Trinajstić information content (AvgIpc) is 2.64. The standard InChI is InChI=1S/C11H14N2O4S/c12-18(16,17)6-5-13-9-4-2-1-3-8(9)7-10(13)11(14)15/h1-4,10H,5-7H2,(H,14,15)(H2,12,16,17). The summed E-state index contributed by atoms with van der Waals surface area (Å²) in [6, 6.07) is 6.56. The highest BCUT2D eigenvalue weighted by atomic mass is 32.2. The van der Waals surface area contributed by atoms with Crippen LogP contribution in [0.1, 0.15) is 5.56 Å². The monoisotopic (exact) mass is 270 g/mol. The van der Waals surface area contributed by atoms with E-state index in [1.165, 1.54) is 0 Å². The van der Waals surface area contributed by atoms with E-state index in [9.17, 15) is 13.2 Å². The molecule has 0 amide bonds. The highest BCUT2D eigenvalue weighted by Gasteiger charge is 2.34. The summed E-state index contributed by atoms with van der Waals surface area (Å²) < 4.78 is 22.0. The molecule has 0 saturated carbocycles. The third-order valence-electron chi connectivity index (χ3n) is 2.99. The summed E-state index contributed by atoms with van der Waals surface area (Å²) in [5.74, 6) is -1.22. The van der Waals surface area contributed by atoms with Gasteiger partial charge in [-0.1, -0.05) is 18.2 Å². The molecule has 6 nitrogen and oxygen atoms in total. The van der Waals surface area contributed by atoms with Crippen molar-refractivity contribution in [1.82, 2.24) is 0 Å². The van der Waals surface area contributed by atoms with E-state index in [4.69, 9.17) is 10.2 Å². The van der Waals surface area contributed by atoms with Crippen molar-refractivity contribution in [3.05, 3.63) is 29.8 Å². The molecule has 0 aliphatic carbocycles. The predicted octanol–water partition coefficient (Wildman–Crippen LogP) is -0.209. The zero-order valence-electron chi connectivity index (χ0n) is 9.61. The topological polar surface area (TPSA) is 101 Å². The van der Waals surface area contributed by atoms with Gasteiger partial charge in [0.25, 0.3) is 0 Å². The van der Waals surface area contributed by atoms with Gasteiger partial charge in [-0.25, -0.2) is 18.4 Å². The second-order valence-corrected chi connectivity index (χ2v) is 5.98. The number of benzene rings is 1. The lowest BCUT2D eigenvalue weighted by atomic mass is 10.1. The Bertz CT molecular complexity index is 570. The van der Waals surface area contributed by atoms with Crippen LogP contribution in [0.2, 0.25) is 0 Å². The molecule has 1 atom stereocenters. The van der Waals surface area contributed by atoms with E-state index in [1.54, 1.807) is 17.0 Å².